The van der Waals surface area contributed by atoms with Gasteiger partial charge >= 0.3 is 0 Å². The van der Waals surface area contributed by atoms with E-state index < -0.39 is 10.0 Å². The highest BCUT2D eigenvalue weighted by Crippen LogP contribution is 2.25. The van der Waals surface area contributed by atoms with Crippen molar-refractivity contribution in [1.82, 2.24) is 4.98 Å². The number of benzene rings is 1. The molecule has 0 aliphatic rings. The Morgan fingerprint density at radius 2 is 2.00 bits per heavy atom. The summed E-state index contributed by atoms with van der Waals surface area (Å²) in [5.41, 5.74) is 7.86. The van der Waals surface area contributed by atoms with E-state index in [9.17, 15) is 8.42 Å². The molecule has 0 saturated carbocycles. The third-order valence-corrected chi connectivity index (χ3v) is 5.63. The first kappa shape index (κ1) is 15.0. The molecular formula is C13H17N3O2S2. The minimum Gasteiger partial charge on any atom is -0.326 e. The summed E-state index contributed by atoms with van der Waals surface area (Å²) in [5, 5.41) is 0.387. The predicted octanol–water partition coefficient (Wildman–Crippen LogP) is 2.33. The second-order valence-corrected chi connectivity index (χ2v) is 7.42. The topological polar surface area (TPSA) is 85.1 Å². The van der Waals surface area contributed by atoms with Gasteiger partial charge in [-0.05, 0) is 38.0 Å². The average Bonchev–Trinajstić information content (AvgIpc) is 2.67. The zero-order valence-electron chi connectivity index (χ0n) is 11.6. The standard InChI is InChI=1S/C13H17N3O2S2/c1-8-4-5-11(7-14)6-12(8)20(17,18)16-13-15-9(2)10(3)19-13/h4-6H,7,14H2,1-3H3,(H,15,16). The van der Waals surface area contributed by atoms with Crippen LogP contribution in [0.4, 0.5) is 5.13 Å². The van der Waals surface area contributed by atoms with Crippen molar-refractivity contribution in [2.24, 2.45) is 5.73 Å². The highest BCUT2D eigenvalue weighted by Gasteiger charge is 2.19. The first-order valence-electron chi connectivity index (χ1n) is 6.10. The molecule has 1 heterocycles. The second-order valence-electron chi connectivity index (χ2n) is 4.57. The Morgan fingerprint density at radius 3 is 2.55 bits per heavy atom. The SMILES string of the molecule is Cc1ccc(CN)cc1S(=O)(=O)Nc1nc(C)c(C)s1. The third kappa shape index (κ3) is 3.00. The monoisotopic (exact) mass is 311 g/mol. The smallest absolute Gasteiger partial charge is 0.263 e. The van der Waals surface area contributed by atoms with Crippen molar-refractivity contribution in [3.63, 3.8) is 0 Å². The molecule has 3 N–H and O–H groups in total. The molecule has 0 fully saturated rings. The first-order valence-corrected chi connectivity index (χ1v) is 8.40. The molecule has 0 aliphatic heterocycles. The van der Waals surface area contributed by atoms with Gasteiger partial charge in [-0.25, -0.2) is 13.4 Å². The molecule has 5 nitrogen and oxygen atoms in total. The maximum atomic E-state index is 12.4. The van der Waals surface area contributed by atoms with Crippen LogP contribution in [0, 0.1) is 20.8 Å². The fraction of sp³-hybridized carbons (Fsp3) is 0.308. The zero-order valence-corrected chi connectivity index (χ0v) is 13.2. The van der Waals surface area contributed by atoms with Gasteiger partial charge in [0.25, 0.3) is 10.0 Å². The van der Waals surface area contributed by atoms with Crippen molar-refractivity contribution >= 4 is 26.5 Å². The number of nitrogens with zero attached hydrogens (tertiary/aromatic N) is 1. The van der Waals surface area contributed by atoms with Crippen molar-refractivity contribution in [1.29, 1.82) is 0 Å². The summed E-state index contributed by atoms with van der Waals surface area (Å²) in [6.45, 7) is 5.82. The average molecular weight is 311 g/mol. The number of rotatable bonds is 4. The molecule has 7 heteroatoms. The van der Waals surface area contributed by atoms with Gasteiger partial charge in [0.05, 0.1) is 10.6 Å². The van der Waals surface area contributed by atoms with Crippen LogP contribution in [0.3, 0.4) is 0 Å². The lowest BCUT2D eigenvalue weighted by Crippen LogP contribution is -2.15. The van der Waals surface area contributed by atoms with E-state index in [-0.39, 0.29) is 4.90 Å². The molecule has 0 spiro atoms. The zero-order chi connectivity index (χ0) is 14.9. The highest BCUT2D eigenvalue weighted by molar-refractivity contribution is 7.93. The predicted molar refractivity (Wildman–Crippen MR) is 81.5 cm³/mol. The van der Waals surface area contributed by atoms with Gasteiger partial charge in [-0.3, -0.25) is 4.72 Å². The van der Waals surface area contributed by atoms with Gasteiger partial charge in [-0.15, -0.1) is 11.3 Å². The number of hydrogen-bond donors (Lipinski definition) is 2. The summed E-state index contributed by atoms with van der Waals surface area (Å²) < 4.78 is 27.4. The van der Waals surface area contributed by atoms with Gasteiger partial charge < -0.3 is 5.73 Å². The van der Waals surface area contributed by atoms with E-state index in [1.165, 1.54) is 11.3 Å². The lowest BCUT2D eigenvalue weighted by atomic mass is 10.1. The summed E-state index contributed by atoms with van der Waals surface area (Å²) in [5.74, 6) is 0. The van der Waals surface area contributed by atoms with Crippen molar-refractivity contribution < 1.29 is 8.42 Å². The summed E-state index contributed by atoms with van der Waals surface area (Å²) >= 11 is 1.33. The van der Waals surface area contributed by atoms with E-state index in [1.54, 1.807) is 19.1 Å². The minimum absolute atomic E-state index is 0.242. The maximum absolute atomic E-state index is 12.4. The van der Waals surface area contributed by atoms with Crippen LogP contribution in [0.15, 0.2) is 23.1 Å². The number of nitrogens with two attached hydrogens (primary N) is 1. The Bertz CT molecular complexity index is 717. The fourth-order valence-corrected chi connectivity index (χ4v) is 4.09. The summed E-state index contributed by atoms with van der Waals surface area (Å²) in [4.78, 5) is 5.43. The van der Waals surface area contributed by atoms with Gasteiger partial charge in [0.1, 0.15) is 0 Å². The molecule has 0 saturated heterocycles. The largest absolute Gasteiger partial charge is 0.326 e. The van der Waals surface area contributed by atoms with Gasteiger partial charge in [0.2, 0.25) is 0 Å². The molecule has 0 radical (unpaired) electrons. The second kappa shape index (κ2) is 5.51. The van der Waals surface area contributed by atoms with Crippen LogP contribution in [0.1, 0.15) is 21.7 Å². The molecular weight excluding hydrogens is 294 g/mol. The van der Waals surface area contributed by atoms with Gasteiger partial charge in [-0.1, -0.05) is 12.1 Å². The number of hydrogen-bond acceptors (Lipinski definition) is 5. The third-order valence-electron chi connectivity index (χ3n) is 3.03. The molecule has 0 bridgehead atoms. The molecule has 0 atom stereocenters. The molecule has 108 valence electrons. The van der Waals surface area contributed by atoms with E-state index in [2.05, 4.69) is 9.71 Å². The molecule has 0 amide bonds. The normalized spacial score (nSPS) is 11.6. The van der Waals surface area contributed by atoms with Crippen LogP contribution in [0.2, 0.25) is 0 Å². The van der Waals surface area contributed by atoms with Gasteiger partial charge in [0.15, 0.2) is 5.13 Å². The van der Waals surface area contributed by atoms with Crippen molar-refractivity contribution in [2.75, 3.05) is 4.72 Å². The summed E-state index contributed by atoms with van der Waals surface area (Å²) in [7, 11) is -3.64. The number of aromatic nitrogens is 1. The Kier molecular flexibility index (Phi) is 4.12. The molecule has 0 aliphatic carbocycles. The number of anilines is 1. The van der Waals surface area contributed by atoms with E-state index in [1.807, 2.05) is 19.9 Å². The van der Waals surface area contributed by atoms with Crippen LogP contribution in [-0.4, -0.2) is 13.4 Å². The molecule has 1 aromatic carbocycles. The Labute approximate surface area is 122 Å². The molecule has 0 unspecified atom stereocenters. The number of sulfonamides is 1. The summed E-state index contributed by atoms with van der Waals surface area (Å²) in [6, 6.07) is 5.19. The molecule has 20 heavy (non-hydrogen) atoms. The Balaban J connectivity index is 2.40. The van der Waals surface area contributed by atoms with Gasteiger partial charge in [0, 0.05) is 11.4 Å². The Morgan fingerprint density at radius 1 is 1.30 bits per heavy atom. The molecule has 1 aromatic heterocycles. The Hall–Kier alpha value is -1.44. The highest BCUT2D eigenvalue weighted by atomic mass is 32.2. The lowest BCUT2D eigenvalue weighted by molar-refractivity contribution is 0.600. The van der Waals surface area contributed by atoms with Gasteiger partial charge in [-0.2, -0.15) is 0 Å². The number of aryl methyl sites for hydroxylation is 3. The first-order chi connectivity index (χ1) is 9.33. The van der Waals surface area contributed by atoms with Crippen molar-refractivity contribution in [3.05, 3.63) is 39.9 Å². The number of thiazole rings is 1. The lowest BCUT2D eigenvalue weighted by Gasteiger charge is -2.09. The van der Waals surface area contributed by atoms with Crippen LogP contribution >= 0.6 is 11.3 Å². The molecule has 2 aromatic rings. The fourth-order valence-electron chi connectivity index (χ4n) is 1.75. The summed E-state index contributed by atoms with van der Waals surface area (Å²) in [6.07, 6.45) is 0. The van der Waals surface area contributed by atoms with E-state index >= 15 is 0 Å². The van der Waals surface area contributed by atoms with Crippen LogP contribution in [-0.2, 0) is 16.6 Å². The van der Waals surface area contributed by atoms with Crippen LogP contribution in [0.25, 0.3) is 0 Å². The minimum atomic E-state index is -3.64. The van der Waals surface area contributed by atoms with Crippen molar-refractivity contribution in [2.45, 2.75) is 32.2 Å². The number of nitrogens with one attached hydrogen (secondary N) is 1. The van der Waals surface area contributed by atoms with E-state index in [0.717, 1.165) is 16.1 Å². The van der Waals surface area contributed by atoms with Crippen LogP contribution < -0.4 is 10.5 Å². The molecule has 2 rings (SSSR count). The van der Waals surface area contributed by atoms with Crippen LogP contribution in [0.5, 0.6) is 0 Å². The van der Waals surface area contributed by atoms with Crippen molar-refractivity contribution in [3.8, 4) is 0 Å². The van der Waals surface area contributed by atoms with E-state index in [0.29, 0.717) is 17.2 Å². The maximum Gasteiger partial charge on any atom is 0.263 e. The quantitative estimate of drug-likeness (QED) is 0.907. The van der Waals surface area contributed by atoms with E-state index in [4.69, 9.17) is 5.73 Å².